The molecule has 0 aliphatic carbocycles. The van der Waals surface area contributed by atoms with E-state index in [2.05, 4.69) is 33.4 Å². The van der Waals surface area contributed by atoms with E-state index in [-0.39, 0.29) is 17.9 Å². The zero-order chi connectivity index (χ0) is 20.4. The summed E-state index contributed by atoms with van der Waals surface area (Å²) in [6.45, 7) is 1.31. The highest BCUT2D eigenvalue weighted by Crippen LogP contribution is 2.33. The van der Waals surface area contributed by atoms with Gasteiger partial charge >= 0.3 is 0 Å². The van der Waals surface area contributed by atoms with Crippen molar-refractivity contribution >= 4 is 44.8 Å². The van der Waals surface area contributed by atoms with E-state index in [1.165, 1.54) is 6.07 Å². The summed E-state index contributed by atoms with van der Waals surface area (Å²) in [7, 11) is 0. The number of hydrogen-bond donors (Lipinski definition) is 0. The van der Waals surface area contributed by atoms with Crippen molar-refractivity contribution in [2.75, 3.05) is 13.1 Å². The molecule has 0 bridgehead atoms. The fourth-order valence-electron chi connectivity index (χ4n) is 3.60. The van der Waals surface area contributed by atoms with Crippen molar-refractivity contribution in [1.29, 1.82) is 0 Å². The van der Waals surface area contributed by atoms with Gasteiger partial charge in [0, 0.05) is 45.0 Å². The Labute approximate surface area is 186 Å². The van der Waals surface area contributed by atoms with Gasteiger partial charge < -0.3 is 4.90 Å². The molecule has 7 heteroatoms. The molecular formula is C22H19BrClFN2OS. The second kappa shape index (κ2) is 8.94. The highest BCUT2D eigenvalue weighted by atomic mass is 79.9. The zero-order valence-electron chi connectivity index (χ0n) is 15.6. The summed E-state index contributed by atoms with van der Waals surface area (Å²) in [5, 5.41) is 3.51. The van der Waals surface area contributed by atoms with E-state index in [4.69, 9.17) is 16.6 Å². The van der Waals surface area contributed by atoms with E-state index in [1.807, 2.05) is 17.0 Å². The zero-order valence-corrected chi connectivity index (χ0v) is 18.7. The average Bonchev–Trinajstić information content (AvgIpc) is 3.21. The maximum absolute atomic E-state index is 14.0. The Morgan fingerprint density at radius 3 is 2.72 bits per heavy atom. The standard InChI is InChI=1S/C22H19BrClFN2OS/c23-16-4-1-3-15(11-16)20-13-29-22(26-20)14-7-9-27(10-8-14)21(28)12-17-18(24)5-2-6-19(17)25/h1-6,11,13-14H,7-10,12H2. The van der Waals surface area contributed by atoms with Gasteiger partial charge in [0.2, 0.25) is 5.91 Å². The second-order valence-electron chi connectivity index (χ2n) is 7.11. The second-order valence-corrected chi connectivity index (χ2v) is 9.33. The number of nitrogens with zero attached hydrogens (tertiary/aromatic N) is 2. The van der Waals surface area contributed by atoms with Gasteiger partial charge in [-0.2, -0.15) is 0 Å². The molecule has 150 valence electrons. The molecule has 1 saturated heterocycles. The maximum atomic E-state index is 14.0. The normalized spacial score (nSPS) is 14.9. The van der Waals surface area contributed by atoms with E-state index in [0.717, 1.165) is 33.6 Å². The Morgan fingerprint density at radius 1 is 1.24 bits per heavy atom. The Hall–Kier alpha value is -1.76. The minimum atomic E-state index is -0.427. The van der Waals surface area contributed by atoms with Crippen molar-refractivity contribution in [1.82, 2.24) is 9.88 Å². The predicted octanol–water partition coefficient (Wildman–Crippen LogP) is 6.31. The van der Waals surface area contributed by atoms with Crippen molar-refractivity contribution in [2.24, 2.45) is 0 Å². The van der Waals surface area contributed by atoms with Crippen molar-refractivity contribution in [3.63, 3.8) is 0 Å². The highest BCUT2D eigenvalue weighted by molar-refractivity contribution is 9.10. The van der Waals surface area contributed by atoms with Crippen LogP contribution in [0.1, 0.15) is 29.3 Å². The number of carbonyl (C=O) groups is 1. The Kier molecular flexibility index (Phi) is 6.32. The third-order valence-electron chi connectivity index (χ3n) is 5.23. The highest BCUT2D eigenvalue weighted by Gasteiger charge is 2.26. The van der Waals surface area contributed by atoms with Crippen LogP contribution in [0.2, 0.25) is 5.02 Å². The van der Waals surface area contributed by atoms with E-state index < -0.39 is 5.82 Å². The van der Waals surface area contributed by atoms with Gasteiger partial charge in [-0.15, -0.1) is 11.3 Å². The van der Waals surface area contributed by atoms with Crippen LogP contribution in [0.25, 0.3) is 11.3 Å². The number of likely N-dealkylation sites (tertiary alicyclic amines) is 1. The van der Waals surface area contributed by atoms with Crippen molar-refractivity contribution in [3.8, 4) is 11.3 Å². The molecule has 3 nitrogen and oxygen atoms in total. The number of rotatable bonds is 4. The SMILES string of the molecule is O=C(Cc1c(F)cccc1Cl)N1CCC(c2nc(-c3cccc(Br)c3)cs2)CC1. The molecule has 1 aromatic heterocycles. The number of thiazole rings is 1. The first-order chi connectivity index (χ1) is 14.0. The smallest absolute Gasteiger partial charge is 0.227 e. The molecule has 0 atom stereocenters. The number of aromatic nitrogens is 1. The number of amides is 1. The molecular weight excluding hydrogens is 475 g/mol. The van der Waals surface area contributed by atoms with Gasteiger partial charge in [-0.1, -0.05) is 45.7 Å². The third kappa shape index (κ3) is 4.71. The Bertz CT molecular complexity index is 1010. The largest absolute Gasteiger partial charge is 0.342 e. The molecule has 0 saturated carbocycles. The molecule has 1 fully saturated rings. The summed E-state index contributed by atoms with van der Waals surface area (Å²) in [5.41, 5.74) is 2.36. The van der Waals surface area contributed by atoms with Gasteiger partial charge in [0.25, 0.3) is 0 Å². The third-order valence-corrected chi connectivity index (χ3v) is 7.08. The molecule has 29 heavy (non-hydrogen) atoms. The fourth-order valence-corrected chi connectivity index (χ4v) is 5.23. The van der Waals surface area contributed by atoms with Gasteiger partial charge in [-0.25, -0.2) is 9.37 Å². The van der Waals surface area contributed by atoms with Crippen LogP contribution < -0.4 is 0 Å². The minimum absolute atomic E-state index is 0.000455. The molecule has 4 rings (SSSR count). The molecule has 2 aromatic carbocycles. The van der Waals surface area contributed by atoms with Crippen LogP contribution in [-0.4, -0.2) is 28.9 Å². The first kappa shape index (κ1) is 20.5. The molecule has 0 spiro atoms. The first-order valence-electron chi connectivity index (χ1n) is 9.43. The van der Waals surface area contributed by atoms with E-state index >= 15 is 0 Å². The average molecular weight is 494 g/mol. The topological polar surface area (TPSA) is 33.2 Å². The molecule has 1 aliphatic heterocycles. The van der Waals surface area contributed by atoms with Crippen LogP contribution >= 0.6 is 38.9 Å². The van der Waals surface area contributed by atoms with Crippen LogP contribution in [0, 0.1) is 5.82 Å². The van der Waals surface area contributed by atoms with Crippen molar-refractivity contribution in [2.45, 2.75) is 25.2 Å². The van der Waals surface area contributed by atoms with Gasteiger partial charge in [0.15, 0.2) is 0 Å². The van der Waals surface area contributed by atoms with Crippen LogP contribution in [0.5, 0.6) is 0 Å². The van der Waals surface area contributed by atoms with Crippen LogP contribution in [0.3, 0.4) is 0 Å². The first-order valence-corrected chi connectivity index (χ1v) is 11.5. The van der Waals surface area contributed by atoms with Crippen molar-refractivity contribution < 1.29 is 9.18 Å². The van der Waals surface area contributed by atoms with E-state index in [9.17, 15) is 9.18 Å². The molecule has 2 heterocycles. The maximum Gasteiger partial charge on any atom is 0.227 e. The number of benzene rings is 2. The summed E-state index contributed by atoms with van der Waals surface area (Å²) in [6, 6.07) is 12.6. The molecule has 1 aliphatic rings. The van der Waals surface area contributed by atoms with Crippen LogP contribution in [0.4, 0.5) is 4.39 Å². The molecule has 0 N–H and O–H groups in total. The molecule has 0 radical (unpaired) electrons. The van der Waals surface area contributed by atoms with E-state index in [0.29, 0.717) is 24.0 Å². The summed E-state index contributed by atoms with van der Waals surface area (Å²) in [6.07, 6.45) is 1.73. The lowest BCUT2D eigenvalue weighted by Gasteiger charge is -2.31. The monoisotopic (exact) mass is 492 g/mol. The summed E-state index contributed by atoms with van der Waals surface area (Å²) >= 11 is 11.2. The number of halogens is 3. The Morgan fingerprint density at radius 2 is 2.00 bits per heavy atom. The summed E-state index contributed by atoms with van der Waals surface area (Å²) in [5.74, 6) is -0.157. The summed E-state index contributed by atoms with van der Waals surface area (Å²) < 4.78 is 15.0. The van der Waals surface area contributed by atoms with Crippen LogP contribution in [-0.2, 0) is 11.2 Å². The van der Waals surface area contributed by atoms with Gasteiger partial charge in [-0.3, -0.25) is 4.79 Å². The summed E-state index contributed by atoms with van der Waals surface area (Å²) in [4.78, 5) is 19.3. The molecule has 0 unspecified atom stereocenters. The number of piperidine rings is 1. The lowest BCUT2D eigenvalue weighted by molar-refractivity contribution is -0.131. The van der Waals surface area contributed by atoms with Gasteiger partial charge in [0.05, 0.1) is 17.1 Å². The quantitative estimate of drug-likeness (QED) is 0.426. The number of hydrogen-bond acceptors (Lipinski definition) is 3. The predicted molar refractivity (Wildman–Crippen MR) is 119 cm³/mol. The number of carbonyl (C=O) groups excluding carboxylic acids is 1. The van der Waals surface area contributed by atoms with Gasteiger partial charge in [0.1, 0.15) is 5.82 Å². The van der Waals surface area contributed by atoms with Crippen molar-refractivity contribution in [3.05, 3.63) is 73.7 Å². The lowest BCUT2D eigenvalue weighted by atomic mass is 9.97. The van der Waals surface area contributed by atoms with Gasteiger partial charge in [-0.05, 0) is 37.1 Å². The molecule has 1 amide bonds. The van der Waals surface area contributed by atoms with Crippen LogP contribution in [0.15, 0.2) is 52.3 Å². The Balaban J connectivity index is 1.38. The minimum Gasteiger partial charge on any atom is -0.342 e. The lowest BCUT2D eigenvalue weighted by Crippen LogP contribution is -2.38. The molecule has 3 aromatic rings. The fraction of sp³-hybridized carbons (Fsp3) is 0.273. The van der Waals surface area contributed by atoms with E-state index in [1.54, 1.807) is 23.5 Å².